The van der Waals surface area contributed by atoms with Gasteiger partial charge in [0, 0.05) is 6.07 Å². The topological polar surface area (TPSA) is 48.4 Å². The third-order valence-electron chi connectivity index (χ3n) is 3.32. The van der Waals surface area contributed by atoms with Gasteiger partial charge >= 0.3 is 0 Å². The van der Waals surface area contributed by atoms with Gasteiger partial charge in [0.1, 0.15) is 12.4 Å². The minimum Gasteiger partial charge on any atom is -0.625 e. The standard InChI is InChI=1S/C13H17N3O2S/c1-3-18-10-4-5-12-11(8-10)14-13(19-12)16(17)7-6-15(2)9-16/h4-5,8H,3,6-7,9H2,1-2H3. The van der Waals surface area contributed by atoms with E-state index in [1.54, 1.807) is 0 Å². The normalized spacial score (nSPS) is 24.2. The summed E-state index contributed by atoms with van der Waals surface area (Å²) in [5, 5.41) is 13.4. The molecule has 0 bridgehead atoms. The van der Waals surface area contributed by atoms with E-state index >= 15 is 0 Å². The van der Waals surface area contributed by atoms with Crippen LogP contribution < -0.4 is 9.38 Å². The third kappa shape index (κ3) is 2.32. The van der Waals surface area contributed by atoms with E-state index in [2.05, 4.69) is 4.98 Å². The number of aromatic nitrogens is 1. The number of hydroxylamine groups is 2. The lowest BCUT2D eigenvalue weighted by Gasteiger charge is -2.34. The summed E-state index contributed by atoms with van der Waals surface area (Å²) < 4.78 is 6.17. The van der Waals surface area contributed by atoms with Gasteiger partial charge in [-0.3, -0.25) is 9.55 Å². The van der Waals surface area contributed by atoms with Crippen LogP contribution in [-0.4, -0.2) is 43.3 Å². The van der Waals surface area contributed by atoms with Crippen LogP contribution >= 0.6 is 11.3 Å². The highest BCUT2D eigenvalue weighted by molar-refractivity contribution is 7.22. The van der Waals surface area contributed by atoms with E-state index in [0.717, 1.165) is 22.5 Å². The smallest absolute Gasteiger partial charge is 0.288 e. The van der Waals surface area contributed by atoms with Crippen LogP contribution in [0.1, 0.15) is 6.92 Å². The molecule has 1 saturated heterocycles. The minimum absolute atomic E-state index is 0.334. The van der Waals surface area contributed by atoms with Crippen LogP contribution in [0.25, 0.3) is 10.2 Å². The van der Waals surface area contributed by atoms with Crippen LogP contribution in [0.2, 0.25) is 0 Å². The zero-order valence-corrected chi connectivity index (χ0v) is 11.9. The lowest BCUT2D eigenvalue weighted by Crippen LogP contribution is -2.41. The predicted molar refractivity (Wildman–Crippen MR) is 78.3 cm³/mol. The van der Waals surface area contributed by atoms with Gasteiger partial charge in [-0.1, -0.05) is 11.3 Å². The summed E-state index contributed by atoms with van der Waals surface area (Å²) >= 11 is 1.49. The van der Waals surface area contributed by atoms with E-state index < -0.39 is 0 Å². The fraction of sp³-hybridized carbons (Fsp3) is 0.462. The second-order valence-electron chi connectivity index (χ2n) is 4.89. The Balaban J connectivity index is 1.97. The Morgan fingerprint density at radius 1 is 1.53 bits per heavy atom. The minimum atomic E-state index is -0.334. The van der Waals surface area contributed by atoms with Gasteiger partial charge in [-0.05, 0) is 26.1 Å². The van der Waals surface area contributed by atoms with Gasteiger partial charge in [0.05, 0.1) is 29.9 Å². The molecule has 0 N–H and O–H groups in total. The van der Waals surface area contributed by atoms with E-state index in [1.165, 1.54) is 11.3 Å². The Morgan fingerprint density at radius 2 is 2.37 bits per heavy atom. The molecule has 1 aromatic carbocycles. The van der Waals surface area contributed by atoms with E-state index in [4.69, 9.17) is 4.74 Å². The summed E-state index contributed by atoms with van der Waals surface area (Å²) in [4.78, 5) is 6.56. The monoisotopic (exact) mass is 279 g/mol. The van der Waals surface area contributed by atoms with Crippen molar-refractivity contribution in [1.82, 2.24) is 14.5 Å². The summed E-state index contributed by atoms with van der Waals surface area (Å²) in [7, 11) is 1.97. The van der Waals surface area contributed by atoms with E-state index in [1.807, 2.05) is 37.1 Å². The molecule has 5 nitrogen and oxygen atoms in total. The Morgan fingerprint density at radius 3 is 3.05 bits per heavy atom. The first-order chi connectivity index (χ1) is 9.10. The molecule has 6 heteroatoms. The molecule has 1 fully saturated rings. The molecule has 102 valence electrons. The van der Waals surface area contributed by atoms with Gasteiger partial charge in [0.25, 0.3) is 5.13 Å². The van der Waals surface area contributed by atoms with Gasteiger partial charge in [-0.25, -0.2) is 0 Å². The van der Waals surface area contributed by atoms with E-state index in [9.17, 15) is 5.21 Å². The van der Waals surface area contributed by atoms with Crippen molar-refractivity contribution in [3.05, 3.63) is 23.4 Å². The van der Waals surface area contributed by atoms with Crippen molar-refractivity contribution >= 4 is 26.7 Å². The van der Waals surface area contributed by atoms with Gasteiger partial charge in [0.15, 0.2) is 0 Å². The van der Waals surface area contributed by atoms with Crippen molar-refractivity contribution in [3.8, 4) is 5.75 Å². The molecule has 1 aliphatic rings. The van der Waals surface area contributed by atoms with Crippen LogP contribution in [0, 0.1) is 5.21 Å². The summed E-state index contributed by atoms with van der Waals surface area (Å²) in [6.07, 6.45) is 0. The highest BCUT2D eigenvalue weighted by Gasteiger charge is 2.32. The van der Waals surface area contributed by atoms with Crippen LogP contribution in [0.3, 0.4) is 0 Å². The number of rotatable bonds is 3. The molecule has 0 spiro atoms. The van der Waals surface area contributed by atoms with Crippen molar-refractivity contribution in [2.24, 2.45) is 0 Å². The molecule has 1 unspecified atom stereocenters. The average molecular weight is 279 g/mol. The third-order valence-corrected chi connectivity index (χ3v) is 4.49. The second kappa shape index (κ2) is 4.72. The highest BCUT2D eigenvalue weighted by atomic mass is 32.1. The number of benzene rings is 1. The first-order valence-electron chi connectivity index (χ1n) is 6.41. The molecule has 3 rings (SSSR count). The zero-order chi connectivity index (χ0) is 13.5. The van der Waals surface area contributed by atoms with Crippen molar-refractivity contribution in [2.45, 2.75) is 6.92 Å². The quantitative estimate of drug-likeness (QED) is 0.639. The average Bonchev–Trinajstić information content (AvgIpc) is 2.94. The highest BCUT2D eigenvalue weighted by Crippen LogP contribution is 2.35. The summed E-state index contributed by atoms with van der Waals surface area (Å²) in [5.41, 5.74) is 0.855. The molecule has 2 heterocycles. The fourth-order valence-electron chi connectivity index (χ4n) is 2.35. The van der Waals surface area contributed by atoms with E-state index in [-0.39, 0.29) is 4.65 Å². The molecular formula is C13H17N3O2S. The molecular weight excluding hydrogens is 262 g/mol. The van der Waals surface area contributed by atoms with Crippen LogP contribution in [0.5, 0.6) is 5.75 Å². The van der Waals surface area contributed by atoms with Gasteiger partial charge in [-0.15, -0.1) is 0 Å². The number of hydrogen-bond donors (Lipinski definition) is 0. The number of hydrogen-bond acceptors (Lipinski definition) is 5. The van der Waals surface area contributed by atoms with Crippen LogP contribution in [0.15, 0.2) is 18.2 Å². The summed E-state index contributed by atoms with van der Waals surface area (Å²) in [6.45, 7) is 4.47. The number of likely N-dealkylation sites (N-methyl/N-ethyl adjacent to an activating group) is 1. The summed E-state index contributed by atoms with van der Waals surface area (Å²) in [6, 6.07) is 5.82. The molecule has 0 radical (unpaired) electrons. The molecule has 0 amide bonds. The number of fused-ring (bicyclic) bond motifs is 1. The molecule has 2 aromatic rings. The first-order valence-corrected chi connectivity index (χ1v) is 7.23. The van der Waals surface area contributed by atoms with Crippen molar-refractivity contribution in [1.29, 1.82) is 0 Å². The fourth-order valence-corrected chi connectivity index (χ4v) is 3.35. The zero-order valence-electron chi connectivity index (χ0n) is 11.1. The molecule has 1 aromatic heterocycles. The maximum atomic E-state index is 12.7. The number of ether oxygens (including phenoxy) is 1. The van der Waals surface area contributed by atoms with Gasteiger partial charge in [0.2, 0.25) is 0 Å². The molecule has 1 atom stereocenters. The largest absolute Gasteiger partial charge is 0.625 e. The van der Waals surface area contributed by atoms with Crippen LogP contribution in [-0.2, 0) is 0 Å². The number of thiazole rings is 1. The Labute approximate surface area is 116 Å². The summed E-state index contributed by atoms with van der Waals surface area (Å²) in [5.74, 6) is 0.808. The number of quaternary nitrogens is 1. The van der Waals surface area contributed by atoms with Crippen LogP contribution in [0.4, 0.5) is 5.13 Å². The molecule has 0 saturated carbocycles. The molecule has 19 heavy (non-hydrogen) atoms. The maximum Gasteiger partial charge on any atom is 0.288 e. The van der Waals surface area contributed by atoms with E-state index in [0.29, 0.717) is 25.0 Å². The maximum absolute atomic E-state index is 12.7. The van der Waals surface area contributed by atoms with Crippen molar-refractivity contribution in [2.75, 3.05) is 33.4 Å². The van der Waals surface area contributed by atoms with Gasteiger partial charge in [-0.2, -0.15) is 4.98 Å². The van der Waals surface area contributed by atoms with Crippen molar-refractivity contribution in [3.63, 3.8) is 0 Å². The van der Waals surface area contributed by atoms with Crippen molar-refractivity contribution < 1.29 is 4.74 Å². The first kappa shape index (κ1) is 12.8. The molecule has 1 aliphatic heterocycles. The number of nitrogens with zero attached hydrogens (tertiary/aromatic N) is 3. The molecule has 0 aliphatic carbocycles. The Bertz CT molecular complexity index is 601. The predicted octanol–water partition coefficient (Wildman–Crippen LogP) is 2.40. The van der Waals surface area contributed by atoms with Gasteiger partial charge < -0.3 is 9.94 Å². The lowest BCUT2D eigenvalue weighted by atomic mass is 10.3. The lowest BCUT2D eigenvalue weighted by molar-refractivity contribution is 0.337. The second-order valence-corrected chi connectivity index (χ2v) is 5.90. The Kier molecular flexibility index (Phi) is 3.18. The SMILES string of the molecule is CCOc1ccc2sc([N+]3([O-])CCN(C)C3)nc2c1. The Hall–Kier alpha value is -1.21.